The van der Waals surface area contributed by atoms with Gasteiger partial charge in [0.25, 0.3) is 0 Å². The van der Waals surface area contributed by atoms with Gasteiger partial charge in [-0.2, -0.15) is 0 Å². The highest BCUT2D eigenvalue weighted by molar-refractivity contribution is 6.30. The number of benzene rings is 2. The van der Waals surface area contributed by atoms with Gasteiger partial charge in [0.2, 0.25) is 0 Å². The van der Waals surface area contributed by atoms with Crippen LogP contribution in [0.15, 0.2) is 48.5 Å². The lowest BCUT2D eigenvalue weighted by atomic mass is 9.93. The Labute approximate surface area is 150 Å². The van der Waals surface area contributed by atoms with Crippen LogP contribution in [0.1, 0.15) is 42.9 Å². The van der Waals surface area contributed by atoms with Crippen LogP contribution in [0.4, 0.5) is 0 Å². The molecule has 1 aliphatic heterocycles. The number of piperazine rings is 1. The fraction of sp³-hybridized carbons (Fsp3) is 0.429. The fourth-order valence-electron chi connectivity index (χ4n) is 3.57. The van der Waals surface area contributed by atoms with Crippen molar-refractivity contribution in [3.8, 4) is 0 Å². The third-order valence-corrected chi connectivity index (χ3v) is 5.09. The van der Waals surface area contributed by atoms with Crippen molar-refractivity contribution in [3.05, 3.63) is 70.2 Å². The molecule has 0 aromatic heterocycles. The van der Waals surface area contributed by atoms with Gasteiger partial charge in [-0.3, -0.25) is 0 Å². The molecular weight excluding hydrogens is 316 g/mol. The zero-order valence-corrected chi connectivity index (χ0v) is 15.4. The van der Waals surface area contributed by atoms with Gasteiger partial charge in [0.15, 0.2) is 0 Å². The summed E-state index contributed by atoms with van der Waals surface area (Å²) >= 11 is 6.02. The summed E-state index contributed by atoms with van der Waals surface area (Å²) in [4.78, 5) is 0. The average Bonchev–Trinajstić information content (AvgIpc) is 2.99. The Morgan fingerprint density at radius 3 is 2.46 bits per heavy atom. The first-order chi connectivity index (χ1) is 11.6. The maximum atomic E-state index is 6.02. The number of nitrogens with one attached hydrogen (secondary N) is 2. The van der Waals surface area contributed by atoms with Crippen molar-refractivity contribution in [1.29, 1.82) is 0 Å². The van der Waals surface area contributed by atoms with Crippen molar-refractivity contribution in [2.75, 3.05) is 19.6 Å². The molecule has 1 aliphatic carbocycles. The lowest BCUT2D eigenvalue weighted by molar-refractivity contribution is 0.323. The van der Waals surface area contributed by atoms with Crippen LogP contribution in [-0.2, 0) is 6.42 Å². The van der Waals surface area contributed by atoms with E-state index in [0.717, 1.165) is 31.1 Å². The number of hydrogen-bond donors (Lipinski definition) is 2. The largest absolute Gasteiger partial charge is 0.314 e. The van der Waals surface area contributed by atoms with Crippen molar-refractivity contribution in [3.63, 3.8) is 0 Å². The van der Waals surface area contributed by atoms with Crippen molar-refractivity contribution < 1.29 is 0 Å². The highest BCUT2D eigenvalue weighted by Crippen LogP contribution is 2.38. The van der Waals surface area contributed by atoms with Gasteiger partial charge in [0.1, 0.15) is 0 Å². The second kappa shape index (κ2) is 7.69. The van der Waals surface area contributed by atoms with Gasteiger partial charge in [-0.1, -0.05) is 48.0 Å². The van der Waals surface area contributed by atoms with E-state index in [2.05, 4.69) is 66.9 Å². The van der Waals surface area contributed by atoms with Crippen LogP contribution in [0, 0.1) is 0 Å². The summed E-state index contributed by atoms with van der Waals surface area (Å²) in [5.41, 5.74) is 4.61. The lowest BCUT2D eigenvalue weighted by Gasteiger charge is -2.31. The summed E-state index contributed by atoms with van der Waals surface area (Å²) in [6, 6.07) is 17.0. The minimum absolute atomic E-state index is 0.318. The molecule has 0 spiro atoms. The molecule has 128 valence electrons. The summed E-state index contributed by atoms with van der Waals surface area (Å²) in [5, 5.41) is 7.56. The Kier molecular flexibility index (Phi) is 5.60. The van der Waals surface area contributed by atoms with Gasteiger partial charge >= 0.3 is 0 Å². The summed E-state index contributed by atoms with van der Waals surface area (Å²) in [6.45, 7) is 7.72. The van der Waals surface area contributed by atoms with Crippen LogP contribution in [0.5, 0.6) is 0 Å². The van der Waals surface area contributed by atoms with E-state index in [-0.39, 0.29) is 0 Å². The van der Waals surface area contributed by atoms with Gasteiger partial charge in [0.05, 0.1) is 0 Å². The molecule has 1 atom stereocenters. The Morgan fingerprint density at radius 1 is 1.04 bits per heavy atom. The third kappa shape index (κ3) is 4.38. The topological polar surface area (TPSA) is 24.1 Å². The SMILES string of the molecule is CC1(C)CNCCN1.Clc1ccc2c(c1)CCC2c1ccccc1. The molecule has 4 rings (SSSR count). The first-order valence-electron chi connectivity index (χ1n) is 8.84. The Hall–Kier alpha value is -1.35. The first-order valence-corrected chi connectivity index (χ1v) is 9.22. The quantitative estimate of drug-likeness (QED) is 0.803. The maximum absolute atomic E-state index is 6.02. The smallest absolute Gasteiger partial charge is 0.0408 e. The first kappa shape index (κ1) is 17.5. The van der Waals surface area contributed by atoms with E-state index in [9.17, 15) is 0 Å². The van der Waals surface area contributed by atoms with E-state index in [4.69, 9.17) is 11.6 Å². The van der Waals surface area contributed by atoms with Crippen molar-refractivity contribution >= 4 is 11.6 Å². The van der Waals surface area contributed by atoms with Gasteiger partial charge in [0, 0.05) is 36.1 Å². The fourth-order valence-corrected chi connectivity index (χ4v) is 3.77. The van der Waals surface area contributed by atoms with Gasteiger partial charge in [-0.05, 0) is 55.5 Å². The predicted octanol–water partition coefficient (Wildman–Crippen LogP) is 4.38. The summed E-state index contributed by atoms with van der Waals surface area (Å²) in [7, 11) is 0. The van der Waals surface area contributed by atoms with Crippen LogP contribution >= 0.6 is 11.6 Å². The zero-order chi connectivity index (χ0) is 17.0. The molecule has 24 heavy (non-hydrogen) atoms. The minimum atomic E-state index is 0.318. The molecule has 0 bridgehead atoms. The van der Waals surface area contributed by atoms with Crippen LogP contribution in [-0.4, -0.2) is 25.2 Å². The number of fused-ring (bicyclic) bond motifs is 1. The van der Waals surface area contributed by atoms with Crippen LogP contribution in [0.3, 0.4) is 0 Å². The van der Waals surface area contributed by atoms with Crippen LogP contribution in [0.2, 0.25) is 5.02 Å². The Balaban J connectivity index is 0.000000179. The predicted molar refractivity (Wildman–Crippen MR) is 103 cm³/mol. The molecule has 0 radical (unpaired) electrons. The van der Waals surface area contributed by atoms with E-state index in [1.807, 2.05) is 6.07 Å². The third-order valence-electron chi connectivity index (χ3n) is 4.86. The molecule has 1 saturated heterocycles. The van der Waals surface area contributed by atoms with E-state index in [1.165, 1.54) is 23.1 Å². The van der Waals surface area contributed by atoms with E-state index >= 15 is 0 Å². The zero-order valence-electron chi connectivity index (χ0n) is 14.6. The van der Waals surface area contributed by atoms with Crippen molar-refractivity contribution in [2.24, 2.45) is 0 Å². The molecule has 2 aromatic carbocycles. The second-order valence-corrected chi connectivity index (χ2v) is 7.77. The molecule has 2 aromatic rings. The van der Waals surface area contributed by atoms with E-state index in [1.54, 1.807) is 0 Å². The lowest BCUT2D eigenvalue weighted by Crippen LogP contribution is -2.55. The summed E-state index contributed by atoms with van der Waals surface area (Å²) in [6.07, 6.45) is 2.36. The normalized spacial score (nSPS) is 21.5. The number of aryl methyl sites for hydroxylation is 1. The van der Waals surface area contributed by atoms with Crippen molar-refractivity contribution in [1.82, 2.24) is 10.6 Å². The molecular formula is C21H27ClN2. The van der Waals surface area contributed by atoms with Crippen LogP contribution < -0.4 is 10.6 Å². The standard InChI is InChI=1S/C15H13Cl.C6H14N2/c16-13-7-9-15-12(10-13)6-8-14(15)11-4-2-1-3-5-11;1-6(2)5-7-3-4-8-6/h1-5,7,9-10,14H,6,8H2;7-8H,3-5H2,1-2H3. The van der Waals surface area contributed by atoms with Crippen molar-refractivity contribution in [2.45, 2.75) is 38.1 Å². The number of hydrogen-bond acceptors (Lipinski definition) is 2. The highest BCUT2D eigenvalue weighted by atomic mass is 35.5. The highest BCUT2D eigenvalue weighted by Gasteiger charge is 2.23. The summed E-state index contributed by atoms with van der Waals surface area (Å²) in [5.74, 6) is 0.563. The molecule has 1 unspecified atom stereocenters. The second-order valence-electron chi connectivity index (χ2n) is 7.33. The Bertz CT molecular complexity index is 659. The molecule has 2 aliphatic rings. The molecule has 0 saturated carbocycles. The summed E-state index contributed by atoms with van der Waals surface area (Å²) < 4.78 is 0. The van der Waals surface area contributed by atoms with Crippen LogP contribution in [0.25, 0.3) is 0 Å². The maximum Gasteiger partial charge on any atom is 0.0408 e. The average molecular weight is 343 g/mol. The molecule has 1 fully saturated rings. The van der Waals surface area contributed by atoms with E-state index in [0.29, 0.717) is 11.5 Å². The number of rotatable bonds is 1. The van der Waals surface area contributed by atoms with Gasteiger partial charge in [-0.25, -0.2) is 0 Å². The molecule has 2 nitrogen and oxygen atoms in total. The minimum Gasteiger partial charge on any atom is -0.314 e. The monoisotopic (exact) mass is 342 g/mol. The van der Waals surface area contributed by atoms with Gasteiger partial charge < -0.3 is 10.6 Å². The Morgan fingerprint density at radius 2 is 1.83 bits per heavy atom. The number of halogens is 1. The van der Waals surface area contributed by atoms with E-state index < -0.39 is 0 Å². The molecule has 1 heterocycles. The van der Waals surface area contributed by atoms with Gasteiger partial charge in [-0.15, -0.1) is 0 Å². The molecule has 3 heteroatoms. The molecule has 0 amide bonds. The molecule has 2 N–H and O–H groups in total.